The van der Waals surface area contributed by atoms with Gasteiger partial charge in [-0.15, -0.1) is 0 Å². The van der Waals surface area contributed by atoms with Crippen LogP contribution in [0, 0.1) is 0 Å². The molecule has 1 aliphatic rings. The third-order valence-corrected chi connectivity index (χ3v) is 5.17. The summed E-state index contributed by atoms with van der Waals surface area (Å²) in [6.07, 6.45) is 8.02. The summed E-state index contributed by atoms with van der Waals surface area (Å²) in [6.45, 7) is 12.0. The summed E-state index contributed by atoms with van der Waals surface area (Å²) in [5, 5.41) is 3.39. The van der Waals surface area contributed by atoms with E-state index in [0.717, 1.165) is 48.6 Å². The highest BCUT2D eigenvalue weighted by molar-refractivity contribution is 5.74. The van der Waals surface area contributed by atoms with Gasteiger partial charge in [0.25, 0.3) is 0 Å². The van der Waals surface area contributed by atoms with E-state index in [1.54, 1.807) is 6.08 Å². The molecule has 3 rings (SSSR count). The van der Waals surface area contributed by atoms with Crippen molar-refractivity contribution < 1.29 is 0 Å². The summed E-state index contributed by atoms with van der Waals surface area (Å²) in [5.41, 5.74) is 18.1. The van der Waals surface area contributed by atoms with Gasteiger partial charge in [-0.05, 0) is 44.1 Å². The molecule has 0 bridgehead atoms. The Labute approximate surface area is 179 Å². The number of piperidine rings is 1. The Morgan fingerprint density at radius 1 is 1.23 bits per heavy atom. The van der Waals surface area contributed by atoms with Crippen LogP contribution in [0.3, 0.4) is 0 Å². The zero-order chi connectivity index (χ0) is 21.5. The SMILES string of the molecule is C=C/C(NC(=C)c1nc(-c2ccccc2)ccc1N)=C(\C=C/C)N1CCC[C@H](N)C1. The number of benzene rings is 1. The molecular weight excluding hydrogens is 370 g/mol. The molecule has 156 valence electrons. The molecule has 5 nitrogen and oxygen atoms in total. The monoisotopic (exact) mass is 401 g/mol. The molecule has 0 amide bonds. The normalized spacial score (nSPS) is 17.5. The first kappa shape index (κ1) is 21.4. The fourth-order valence-electron chi connectivity index (χ4n) is 3.67. The predicted octanol–water partition coefficient (Wildman–Crippen LogP) is 4.29. The predicted molar refractivity (Wildman–Crippen MR) is 127 cm³/mol. The molecule has 5 heteroatoms. The van der Waals surface area contributed by atoms with Gasteiger partial charge in [0.05, 0.1) is 28.5 Å². The van der Waals surface area contributed by atoms with Gasteiger partial charge >= 0.3 is 0 Å². The summed E-state index contributed by atoms with van der Waals surface area (Å²) in [4.78, 5) is 7.06. The average molecular weight is 402 g/mol. The quantitative estimate of drug-likeness (QED) is 0.603. The standard InChI is InChI=1S/C25H31N5/c1-4-10-24(30-16-9-13-20(26)17-30)22(5-2)28-18(3)25-21(27)14-15-23(29-25)19-11-7-6-8-12-19/h4-8,10-12,14-15,20,28H,2-3,9,13,16-17,26-27H2,1H3/b10-4-,24-22-/t20-/m0/s1. The average Bonchev–Trinajstić information content (AvgIpc) is 2.77. The molecule has 1 aromatic heterocycles. The van der Waals surface area contributed by atoms with Crippen LogP contribution in [0.4, 0.5) is 5.69 Å². The maximum Gasteiger partial charge on any atom is 0.109 e. The lowest BCUT2D eigenvalue weighted by Gasteiger charge is -2.34. The molecule has 1 aromatic carbocycles. The summed E-state index contributed by atoms with van der Waals surface area (Å²) in [7, 11) is 0. The Kier molecular flexibility index (Phi) is 7.09. The summed E-state index contributed by atoms with van der Waals surface area (Å²) >= 11 is 0. The number of hydrogen-bond donors (Lipinski definition) is 3. The number of hydrogen-bond acceptors (Lipinski definition) is 5. The zero-order valence-electron chi connectivity index (χ0n) is 17.6. The van der Waals surface area contributed by atoms with Gasteiger partial charge in [0.15, 0.2) is 0 Å². The van der Waals surface area contributed by atoms with Gasteiger partial charge in [-0.1, -0.05) is 49.6 Å². The van der Waals surface area contributed by atoms with Crippen molar-refractivity contribution in [2.24, 2.45) is 5.73 Å². The van der Waals surface area contributed by atoms with Crippen molar-refractivity contribution in [3.05, 3.63) is 90.9 Å². The minimum atomic E-state index is 0.174. The first-order chi connectivity index (χ1) is 14.5. The number of pyridine rings is 1. The first-order valence-electron chi connectivity index (χ1n) is 10.3. The highest BCUT2D eigenvalue weighted by Gasteiger charge is 2.20. The van der Waals surface area contributed by atoms with Crippen molar-refractivity contribution in [2.45, 2.75) is 25.8 Å². The summed E-state index contributed by atoms with van der Waals surface area (Å²) in [6, 6.07) is 14.0. The summed E-state index contributed by atoms with van der Waals surface area (Å²) < 4.78 is 0. The molecule has 30 heavy (non-hydrogen) atoms. The topological polar surface area (TPSA) is 80.2 Å². The molecule has 5 N–H and O–H groups in total. The van der Waals surface area contributed by atoms with Crippen LogP contribution < -0.4 is 16.8 Å². The van der Waals surface area contributed by atoms with Crippen LogP contribution >= 0.6 is 0 Å². The highest BCUT2D eigenvalue weighted by Crippen LogP contribution is 2.25. The highest BCUT2D eigenvalue weighted by atomic mass is 15.2. The van der Waals surface area contributed by atoms with Gasteiger partial charge in [0, 0.05) is 24.7 Å². The van der Waals surface area contributed by atoms with Crippen molar-refractivity contribution in [3.63, 3.8) is 0 Å². The molecule has 0 saturated carbocycles. The molecule has 1 atom stereocenters. The van der Waals surface area contributed by atoms with Gasteiger partial charge in [-0.3, -0.25) is 0 Å². The third kappa shape index (κ3) is 4.99. The lowest BCUT2D eigenvalue weighted by molar-refractivity contribution is 0.264. The van der Waals surface area contributed by atoms with Crippen molar-refractivity contribution in [3.8, 4) is 11.3 Å². The third-order valence-electron chi connectivity index (χ3n) is 5.17. The van der Waals surface area contributed by atoms with E-state index in [2.05, 4.69) is 29.5 Å². The van der Waals surface area contributed by atoms with Crippen LogP contribution in [0.25, 0.3) is 17.0 Å². The smallest absolute Gasteiger partial charge is 0.109 e. The number of nitrogen functional groups attached to an aromatic ring is 1. The van der Waals surface area contributed by atoms with Crippen LogP contribution in [0.15, 0.2) is 85.2 Å². The number of aromatic nitrogens is 1. The van der Waals surface area contributed by atoms with Crippen LogP contribution in [-0.2, 0) is 0 Å². The van der Waals surface area contributed by atoms with E-state index in [1.165, 1.54) is 0 Å². The van der Waals surface area contributed by atoms with Crippen LogP contribution in [0.5, 0.6) is 0 Å². The van der Waals surface area contributed by atoms with E-state index in [1.807, 2.05) is 55.5 Å². The second-order valence-corrected chi connectivity index (χ2v) is 7.46. The number of nitrogens with one attached hydrogen (secondary N) is 1. The maximum absolute atomic E-state index is 6.24. The lowest BCUT2D eigenvalue weighted by atomic mass is 10.0. The molecule has 1 saturated heterocycles. The van der Waals surface area contributed by atoms with E-state index >= 15 is 0 Å². The first-order valence-corrected chi connectivity index (χ1v) is 10.3. The van der Waals surface area contributed by atoms with Crippen molar-refractivity contribution in [1.82, 2.24) is 15.2 Å². The molecule has 0 radical (unpaired) electrons. The number of anilines is 1. The molecule has 1 aliphatic heterocycles. The molecule has 0 aliphatic carbocycles. The van der Waals surface area contributed by atoms with Crippen LogP contribution in [0.1, 0.15) is 25.5 Å². The minimum Gasteiger partial charge on any atom is -0.397 e. The fourth-order valence-corrected chi connectivity index (χ4v) is 3.67. The number of rotatable bonds is 7. The lowest BCUT2D eigenvalue weighted by Crippen LogP contribution is -2.42. The Bertz CT molecular complexity index is 959. The Balaban J connectivity index is 1.92. The van der Waals surface area contributed by atoms with Gasteiger partial charge in [0.2, 0.25) is 0 Å². The summed E-state index contributed by atoms with van der Waals surface area (Å²) in [5.74, 6) is 0. The second kappa shape index (κ2) is 9.94. The molecular formula is C25H31N5. The van der Waals surface area contributed by atoms with Gasteiger partial charge in [0.1, 0.15) is 5.69 Å². The van der Waals surface area contributed by atoms with Gasteiger partial charge in [-0.2, -0.15) is 0 Å². The van der Waals surface area contributed by atoms with E-state index in [0.29, 0.717) is 17.1 Å². The molecule has 2 heterocycles. The van der Waals surface area contributed by atoms with E-state index in [9.17, 15) is 0 Å². The minimum absolute atomic E-state index is 0.174. The molecule has 2 aromatic rings. The number of nitrogens with zero attached hydrogens (tertiary/aromatic N) is 2. The Morgan fingerprint density at radius 3 is 2.67 bits per heavy atom. The van der Waals surface area contributed by atoms with Crippen LogP contribution in [-0.4, -0.2) is 29.0 Å². The molecule has 0 spiro atoms. The van der Waals surface area contributed by atoms with Crippen molar-refractivity contribution >= 4 is 11.4 Å². The Morgan fingerprint density at radius 2 is 2.00 bits per heavy atom. The maximum atomic E-state index is 6.24. The van der Waals surface area contributed by atoms with E-state index < -0.39 is 0 Å². The van der Waals surface area contributed by atoms with Gasteiger partial charge in [-0.25, -0.2) is 4.98 Å². The molecule has 1 fully saturated rings. The van der Waals surface area contributed by atoms with Crippen molar-refractivity contribution in [1.29, 1.82) is 0 Å². The van der Waals surface area contributed by atoms with Crippen molar-refractivity contribution in [2.75, 3.05) is 18.8 Å². The largest absolute Gasteiger partial charge is 0.397 e. The van der Waals surface area contributed by atoms with Crippen LogP contribution in [0.2, 0.25) is 0 Å². The number of likely N-dealkylation sites (tertiary alicyclic amines) is 1. The zero-order valence-corrected chi connectivity index (χ0v) is 17.6. The molecule has 0 unspecified atom stereocenters. The number of allylic oxidation sites excluding steroid dienone is 3. The van der Waals surface area contributed by atoms with Gasteiger partial charge < -0.3 is 21.7 Å². The van der Waals surface area contributed by atoms with E-state index in [4.69, 9.17) is 16.5 Å². The Hall–Kier alpha value is -3.31. The second-order valence-electron chi connectivity index (χ2n) is 7.46. The fraction of sp³-hybridized carbons (Fsp3) is 0.240. The van der Waals surface area contributed by atoms with E-state index in [-0.39, 0.29) is 6.04 Å². The number of nitrogens with two attached hydrogens (primary N) is 2.